The van der Waals surface area contributed by atoms with Gasteiger partial charge in [0.25, 0.3) is 11.8 Å². The number of amides is 6. The lowest BCUT2D eigenvalue weighted by atomic mass is 9.84. The zero-order valence-corrected chi connectivity index (χ0v) is 80.1. The Morgan fingerprint density at radius 3 is 1.27 bits per heavy atom. The van der Waals surface area contributed by atoms with Crippen molar-refractivity contribution >= 4 is 116 Å². The summed E-state index contributed by atoms with van der Waals surface area (Å²) in [5.41, 5.74) is 17.5. The maximum absolute atomic E-state index is 13.1. The molecule has 0 bridgehead atoms. The highest BCUT2D eigenvalue weighted by molar-refractivity contribution is 14.1. The van der Waals surface area contributed by atoms with E-state index in [2.05, 4.69) is 82.5 Å². The van der Waals surface area contributed by atoms with E-state index in [1.807, 2.05) is 255 Å². The van der Waals surface area contributed by atoms with Gasteiger partial charge in [-0.15, -0.1) is 0 Å². The largest absolute Gasteiger partial charge is 0.480 e. The normalized spacial score (nSPS) is 14.7. The highest BCUT2D eigenvalue weighted by Gasteiger charge is 2.53. The molecule has 134 heavy (non-hydrogen) atoms. The number of halogens is 1. The Labute approximate surface area is 797 Å². The molecule has 2 aromatic heterocycles. The number of aromatic nitrogens is 2. The fraction of sp³-hybridized carbons (Fsp3) is 0.292. The summed E-state index contributed by atoms with van der Waals surface area (Å²) >= 11 is 2.21. The lowest BCUT2D eigenvalue weighted by Crippen LogP contribution is -2.46. The summed E-state index contributed by atoms with van der Waals surface area (Å²) in [7, 11) is 2.60. The summed E-state index contributed by atoms with van der Waals surface area (Å²) in [4.78, 5) is 117. The van der Waals surface area contributed by atoms with Crippen molar-refractivity contribution < 1.29 is 81.8 Å². The number of para-hydroxylation sites is 2. The van der Waals surface area contributed by atoms with Crippen LogP contribution in [0.4, 0.5) is 36.2 Å². The van der Waals surface area contributed by atoms with Gasteiger partial charge in [-0.05, 0) is 209 Å². The second-order valence-electron chi connectivity index (χ2n) is 33.1. The van der Waals surface area contributed by atoms with E-state index in [0.717, 1.165) is 66.2 Å². The monoisotopic (exact) mass is 1930 g/mol. The summed E-state index contributed by atoms with van der Waals surface area (Å²) in [6, 6.07) is 86.5. The molecule has 28 heteroatoms. The number of alkyl carbamates (subject to hydrolysis) is 3. The van der Waals surface area contributed by atoms with Crippen LogP contribution >= 0.6 is 22.6 Å². The first-order valence-corrected chi connectivity index (χ1v) is 45.2. The molecule has 2 aliphatic heterocycles. The van der Waals surface area contributed by atoms with E-state index < -0.39 is 82.3 Å². The third-order valence-corrected chi connectivity index (χ3v) is 22.8. The number of carbonyl (C=O) groups is 9. The number of benzene rings is 10. The van der Waals surface area contributed by atoms with Crippen molar-refractivity contribution in [1.82, 2.24) is 25.9 Å². The topological polar surface area (TPSA) is 391 Å². The Bertz CT molecular complexity index is 5760. The van der Waals surface area contributed by atoms with Crippen molar-refractivity contribution in [2.75, 3.05) is 29.8 Å². The summed E-state index contributed by atoms with van der Waals surface area (Å²) in [6.07, 6.45) is 5.69. The van der Waals surface area contributed by atoms with E-state index in [1.54, 1.807) is 123 Å². The van der Waals surface area contributed by atoms with E-state index in [0.29, 0.717) is 59.3 Å². The van der Waals surface area contributed by atoms with Crippen molar-refractivity contribution in [3.63, 3.8) is 0 Å². The number of pyridine rings is 2. The molecule has 12 aromatic rings. The number of hydrogen-bond acceptors (Lipinski definition) is 20. The smallest absolute Gasteiger partial charge is 0.415 e. The molecule has 14 rings (SSSR count). The predicted molar refractivity (Wildman–Crippen MR) is 530 cm³/mol. The van der Waals surface area contributed by atoms with Crippen LogP contribution in [0.1, 0.15) is 212 Å². The molecule has 0 aliphatic carbocycles. The molecular formula is C106H121IN10O17. The molecule has 11 N–H and O–H groups in total. The number of aliphatic hydroxyl groups is 1. The summed E-state index contributed by atoms with van der Waals surface area (Å²) in [6.45, 7) is 22.7. The van der Waals surface area contributed by atoms with Gasteiger partial charge in [0.15, 0.2) is 6.04 Å². The summed E-state index contributed by atoms with van der Waals surface area (Å²) in [5, 5.41) is 35.4. The molecule has 6 amide bonds. The minimum absolute atomic E-state index is 0.0313. The van der Waals surface area contributed by atoms with Gasteiger partial charge in [-0.25, -0.2) is 24.0 Å². The van der Waals surface area contributed by atoms with Crippen molar-refractivity contribution in [2.45, 2.75) is 186 Å². The second-order valence-corrected chi connectivity index (χ2v) is 34.4. The molecular weight excluding hydrogens is 1810 g/mol. The molecule has 2 aliphatic rings. The number of esters is 2. The van der Waals surface area contributed by atoms with Crippen molar-refractivity contribution in [3.8, 4) is 0 Å². The van der Waals surface area contributed by atoms with Crippen molar-refractivity contribution in [3.05, 3.63) is 352 Å². The lowest BCUT2D eigenvalue weighted by molar-refractivity contribution is -0.143. The Kier molecular flexibility index (Phi) is 39.8. The highest BCUT2D eigenvalue weighted by Crippen LogP contribution is 2.48. The molecule has 0 radical (unpaired) electrons. The van der Waals surface area contributed by atoms with Gasteiger partial charge in [0.2, 0.25) is 0 Å². The molecule has 0 saturated carbocycles. The fourth-order valence-electron chi connectivity index (χ4n) is 14.7. The number of nitrogens with one attached hydrogen (secondary N) is 5. The zero-order valence-electron chi connectivity index (χ0n) is 78.0. The second kappa shape index (κ2) is 50.6. The Morgan fingerprint density at radius 1 is 0.470 bits per heavy atom. The molecule has 2 fully saturated rings. The Morgan fingerprint density at radius 2 is 0.858 bits per heavy atom. The van der Waals surface area contributed by atoms with E-state index in [-0.39, 0.29) is 36.1 Å². The minimum Gasteiger partial charge on any atom is -0.480 e. The molecule has 10 aromatic carbocycles. The molecule has 6 atom stereocenters. The number of cyclic esters (lactones) is 2. The van der Waals surface area contributed by atoms with Crippen LogP contribution in [0.5, 0.6) is 0 Å². The SMILES string of the molecule is CCC(O)(CC)[C@H](NC(=O)OC(C)(C)C)c1ccccc1.CCC1(CC)OC(=O)N(c2ccc(C(=O)Nc3cccc4cccnc34)cc2)[C@H]1c1ccccc1.CCC1(CC)OC(=O)N[C@H]1c1ccccc1.COC(=O)[C@@H](N)c1ccccc1.COC(=O)[C@H](NC(=O)OC(C)(C)C)c1ccccc1.N[C@@H](C(=O)O)c1ccccc1.O=C(Nc1cccc2cccnc12)c1ccc(I)cc1. The van der Waals surface area contributed by atoms with Gasteiger partial charge in [-0.2, -0.15) is 0 Å². The van der Waals surface area contributed by atoms with Gasteiger partial charge in [0, 0.05) is 43.6 Å². The Balaban J connectivity index is 0.000000199. The maximum atomic E-state index is 13.1. The van der Waals surface area contributed by atoms with Crippen LogP contribution in [0, 0.1) is 3.57 Å². The molecule has 2 saturated heterocycles. The molecule has 0 unspecified atom stereocenters. The highest BCUT2D eigenvalue weighted by atomic mass is 127. The number of carboxylic acids is 1. The zero-order chi connectivity index (χ0) is 97.8. The minimum atomic E-state index is -1.00. The third kappa shape index (κ3) is 30.0. The van der Waals surface area contributed by atoms with Gasteiger partial charge >= 0.3 is 42.3 Å². The number of nitrogens with zero attached hydrogens (tertiary/aromatic N) is 3. The number of nitrogens with two attached hydrogens (primary N) is 2. The van der Waals surface area contributed by atoms with Crippen LogP contribution in [0.15, 0.2) is 304 Å². The predicted octanol–water partition coefficient (Wildman–Crippen LogP) is 21.7. The first-order chi connectivity index (χ1) is 64.0. The number of hydrogen-bond donors (Lipinski definition) is 9. The number of aliphatic carboxylic acids is 1. The Hall–Kier alpha value is -13.9. The van der Waals surface area contributed by atoms with E-state index in [9.17, 15) is 48.3 Å². The third-order valence-electron chi connectivity index (χ3n) is 22.1. The first kappa shape index (κ1) is 105. The van der Waals surface area contributed by atoms with Crippen LogP contribution in [-0.4, -0.2) is 117 Å². The summed E-state index contributed by atoms with van der Waals surface area (Å²) in [5.74, 6) is -2.33. The van der Waals surface area contributed by atoms with Crippen molar-refractivity contribution in [2.24, 2.45) is 11.5 Å². The van der Waals surface area contributed by atoms with E-state index in [1.165, 1.54) is 14.2 Å². The standard InChI is InChI=1S/C29H27N3O3.C17H27NO3.C16H11IN2O.C14H19NO4.C13H17NO2.C9H11NO2.C8H9NO2/c1-3-29(4-2)26(21-10-6-5-7-11-21)32(28(34)35-29)23-17-15-22(16-18-23)27(33)31-24-14-8-12-20-13-9-19-30-25(20)24;1-6-17(20,7-2)14(13-11-9-8-10-12-13)18-15(19)21-16(3,4)5;17-13-8-6-12(7-9-13)16(20)19-14-5-1-3-11-4-2-10-18-15(11)14;1-14(2,3)19-13(17)15-11(12(16)18-4)10-8-6-5-7-9-10;1-3-13(4-2)11(14-12(15)16-13)10-8-6-5-7-9-10;1-12-9(11)8(10)7-5-3-2-4-6-7;9-7(8(10)11)6-4-2-1-3-5-6/h5-19,26H,3-4H2,1-2H3,(H,31,33);8-12,14,20H,6-7H2,1-5H3,(H,18,19);1-10H,(H,19,20);5-9,11H,1-4H3,(H,15,17);5-9,11H,3-4H2,1-2H3,(H,14,15);2-6,8H,10H2,1H3;1-5,7H,9H2,(H,10,11)/t26-;14-;;2*11-;8-;7-/m01.1001/s1. The van der Waals surface area contributed by atoms with E-state index in [4.69, 9.17) is 35.5 Å². The summed E-state index contributed by atoms with van der Waals surface area (Å²) < 4.78 is 32.2. The number of rotatable bonds is 23. The molecule has 0 spiro atoms. The lowest BCUT2D eigenvalue weighted by Gasteiger charge is -2.36. The first-order valence-electron chi connectivity index (χ1n) is 44.1. The van der Waals surface area contributed by atoms with E-state index >= 15 is 0 Å². The number of fused-ring (bicyclic) bond motifs is 2. The van der Waals surface area contributed by atoms with Crippen LogP contribution in [0.2, 0.25) is 0 Å². The number of anilines is 3. The van der Waals surface area contributed by atoms with Crippen LogP contribution in [-0.2, 0) is 42.8 Å². The molecule has 4 heterocycles. The average Bonchev–Trinajstić information content (AvgIpc) is 1.59. The van der Waals surface area contributed by atoms with Crippen LogP contribution < -0.4 is 43.0 Å². The average molecular weight is 1930 g/mol. The molecule has 27 nitrogen and oxygen atoms in total. The van der Waals surface area contributed by atoms with Gasteiger partial charge in [0.05, 0.1) is 54.3 Å². The van der Waals surface area contributed by atoms with Gasteiger partial charge in [0.1, 0.15) is 40.5 Å². The quantitative estimate of drug-likeness (QED) is 0.0163. The number of ether oxygens (including phenoxy) is 6. The van der Waals surface area contributed by atoms with Gasteiger partial charge < -0.3 is 76.7 Å². The number of carbonyl (C=O) groups excluding carboxylic acids is 8. The number of methoxy groups -OCH3 is 2. The van der Waals surface area contributed by atoms with Gasteiger partial charge in [-0.3, -0.25) is 34.0 Å². The van der Waals surface area contributed by atoms with Crippen molar-refractivity contribution in [1.29, 1.82) is 0 Å². The van der Waals surface area contributed by atoms with Crippen LogP contribution in [0.3, 0.4) is 0 Å². The molecule has 704 valence electrons. The fourth-order valence-corrected chi connectivity index (χ4v) is 15.1. The number of carboxylic acid groups (broad SMARTS) is 1. The van der Waals surface area contributed by atoms with Crippen LogP contribution in [0.25, 0.3) is 21.8 Å². The maximum Gasteiger partial charge on any atom is 0.415 e. The van der Waals surface area contributed by atoms with Gasteiger partial charge in [-0.1, -0.05) is 260 Å².